The Balaban J connectivity index is 1.57. The summed E-state index contributed by atoms with van der Waals surface area (Å²) in [5, 5.41) is 0.523. The number of benzene rings is 2. The molecule has 4 rings (SSSR count). The Morgan fingerprint density at radius 3 is 2.54 bits per heavy atom. The second-order valence-electron chi connectivity index (χ2n) is 6.69. The second kappa shape index (κ2) is 7.34. The topological polar surface area (TPSA) is 84.5 Å². The van der Waals surface area contributed by atoms with E-state index in [1.54, 1.807) is 29.2 Å². The SMILES string of the molecule is CCN(Cc1nc2ccccc2c(=O)[nH]1)C(=O)[C@H]1Oc2ccccc2O[C@H]1C. The number of rotatable bonds is 4. The summed E-state index contributed by atoms with van der Waals surface area (Å²) in [7, 11) is 0. The van der Waals surface area contributed by atoms with E-state index in [-0.39, 0.29) is 18.0 Å². The van der Waals surface area contributed by atoms with Crippen molar-refractivity contribution in [2.24, 2.45) is 0 Å². The van der Waals surface area contributed by atoms with Crippen LogP contribution in [0.25, 0.3) is 10.9 Å². The van der Waals surface area contributed by atoms with Gasteiger partial charge in [-0.1, -0.05) is 24.3 Å². The first-order chi connectivity index (χ1) is 13.6. The fourth-order valence-electron chi connectivity index (χ4n) is 3.31. The molecule has 1 aromatic heterocycles. The minimum atomic E-state index is -0.762. The largest absolute Gasteiger partial charge is 0.482 e. The van der Waals surface area contributed by atoms with E-state index < -0.39 is 12.2 Å². The molecule has 0 radical (unpaired) electrons. The first-order valence-corrected chi connectivity index (χ1v) is 9.26. The fourth-order valence-corrected chi connectivity index (χ4v) is 3.31. The van der Waals surface area contributed by atoms with Gasteiger partial charge in [0.05, 0.1) is 17.4 Å². The van der Waals surface area contributed by atoms with Crippen LogP contribution in [-0.2, 0) is 11.3 Å². The molecular weight excluding hydrogens is 358 g/mol. The smallest absolute Gasteiger partial charge is 0.267 e. The summed E-state index contributed by atoms with van der Waals surface area (Å²) in [6.45, 7) is 4.31. The van der Waals surface area contributed by atoms with Crippen molar-refractivity contribution < 1.29 is 14.3 Å². The van der Waals surface area contributed by atoms with Crippen LogP contribution in [-0.4, -0.2) is 39.5 Å². The van der Waals surface area contributed by atoms with Gasteiger partial charge >= 0.3 is 0 Å². The van der Waals surface area contributed by atoms with Gasteiger partial charge in [0.25, 0.3) is 11.5 Å². The van der Waals surface area contributed by atoms with Crippen LogP contribution in [0, 0.1) is 0 Å². The first kappa shape index (κ1) is 18.0. The van der Waals surface area contributed by atoms with Crippen molar-refractivity contribution in [1.29, 1.82) is 0 Å². The van der Waals surface area contributed by atoms with Gasteiger partial charge in [0.2, 0.25) is 6.10 Å². The van der Waals surface area contributed by atoms with Gasteiger partial charge in [-0.2, -0.15) is 0 Å². The molecule has 0 unspecified atom stereocenters. The molecule has 2 heterocycles. The molecule has 0 bridgehead atoms. The molecule has 1 aliphatic heterocycles. The number of para-hydroxylation sites is 3. The summed E-state index contributed by atoms with van der Waals surface area (Å²) in [4.78, 5) is 34.2. The van der Waals surface area contributed by atoms with Gasteiger partial charge in [-0.3, -0.25) is 9.59 Å². The summed E-state index contributed by atoms with van der Waals surface area (Å²) in [6.07, 6.45) is -1.19. The number of carbonyl (C=O) groups excluding carboxylic acids is 1. The zero-order chi connectivity index (χ0) is 19.7. The maximum Gasteiger partial charge on any atom is 0.267 e. The molecule has 0 spiro atoms. The van der Waals surface area contributed by atoms with Crippen LogP contribution in [0.2, 0.25) is 0 Å². The van der Waals surface area contributed by atoms with Gasteiger partial charge in [0.15, 0.2) is 11.5 Å². The number of amides is 1. The number of aromatic amines is 1. The third kappa shape index (κ3) is 3.31. The molecule has 0 aliphatic carbocycles. The van der Waals surface area contributed by atoms with E-state index in [0.29, 0.717) is 34.8 Å². The highest BCUT2D eigenvalue weighted by Crippen LogP contribution is 2.34. The monoisotopic (exact) mass is 379 g/mol. The maximum absolute atomic E-state index is 13.1. The van der Waals surface area contributed by atoms with E-state index in [0.717, 1.165) is 0 Å². The van der Waals surface area contributed by atoms with E-state index >= 15 is 0 Å². The quantitative estimate of drug-likeness (QED) is 0.753. The molecule has 1 amide bonds. The maximum atomic E-state index is 13.1. The highest BCUT2D eigenvalue weighted by molar-refractivity contribution is 5.82. The number of nitrogens with zero attached hydrogens (tertiary/aromatic N) is 2. The van der Waals surface area contributed by atoms with Gasteiger partial charge in [0.1, 0.15) is 11.9 Å². The van der Waals surface area contributed by atoms with Crippen molar-refractivity contribution in [2.45, 2.75) is 32.6 Å². The van der Waals surface area contributed by atoms with Crippen LogP contribution in [0.5, 0.6) is 11.5 Å². The zero-order valence-corrected chi connectivity index (χ0v) is 15.7. The van der Waals surface area contributed by atoms with Gasteiger partial charge in [-0.25, -0.2) is 4.98 Å². The molecule has 7 heteroatoms. The van der Waals surface area contributed by atoms with Gasteiger partial charge in [-0.05, 0) is 38.1 Å². The van der Waals surface area contributed by atoms with Crippen LogP contribution in [0.3, 0.4) is 0 Å². The van der Waals surface area contributed by atoms with Gasteiger partial charge < -0.3 is 19.4 Å². The Hall–Kier alpha value is -3.35. The van der Waals surface area contributed by atoms with E-state index in [1.807, 2.05) is 38.1 Å². The Kier molecular flexibility index (Phi) is 4.73. The van der Waals surface area contributed by atoms with Gasteiger partial charge in [0, 0.05) is 6.54 Å². The van der Waals surface area contributed by atoms with Gasteiger partial charge in [-0.15, -0.1) is 0 Å². The molecule has 7 nitrogen and oxygen atoms in total. The molecule has 0 saturated carbocycles. The number of hydrogen-bond acceptors (Lipinski definition) is 5. The highest BCUT2D eigenvalue weighted by Gasteiger charge is 2.36. The first-order valence-electron chi connectivity index (χ1n) is 9.26. The molecule has 2 atom stereocenters. The van der Waals surface area contributed by atoms with E-state index in [4.69, 9.17) is 9.47 Å². The lowest BCUT2D eigenvalue weighted by molar-refractivity contribution is -0.144. The van der Waals surface area contributed by atoms with Crippen LogP contribution < -0.4 is 15.0 Å². The Morgan fingerprint density at radius 2 is 1.79 bits per heavy atom. The lowest BCUT2D eigenvalue weighted by Gasteiger charge is -2.34. The lowest BCUT2D eigenvalue weighted by atomic mass is 10.1. The normalized spacial score (nSPS) is 18.1. The molecule has 0 fully saturated rings. The standard InChI is InChI=1S/C21H21N3O4/c1-3-24(12-18-22-15-9-5-4-8-14(15)20(25)23-18)21(26)19-13(2)27-16-10-6-7-11-17(16)28-19/h4-11,13,19H,3,12H2,1-2H3,(H,22,23,25)/t13-,19-/m0/s1. The van der Waals surface area contributed by atoms with E-state index in [1.165, 1.54) is 0 Å². The summed E-state index contributed by atoms with van der Waals surface area (Å²) in [6, 6.07) is 14.4. The molecule has 3 aromatic rings. The molecule has 144 valence electrons. The van der Waals surface area contributed by atoms with Crippen molar-refractivity contribution in [2.75, 3.05) is 6.54 Å². The van der Waals surface area contributed by atoms with Crippen molar-refractivity contribution in [3.8, 4) is 11.5 Å². The minimum Gasteiger partial charge on any atom is -0.482 e. The van der Waals surface area contributed by atoms with Crippen LogP contribution in [0.1, 0.15) is 19.7 Å². The Labute approximate surface area is 161 Å². The predicted octanol–water partition coefficient (Wildman–Crippen LogP) is 2.50. The number of likely N-dealkylation sites (N-methyl/N-ethyl adjacent to an activating group) is 1. The molecule has 1 N–H and O–H groups in total. The molecular formula is C21H21N3O4. The molecule has 2 aromatic carbocycles. The van der Waals surface area contributed by atoms with Crippen molar-refractivity contribution in [3.63, 3.8) is 0 Å². The molecule has 1 aliphatic rings. The fraction of sp³-hybridized carbons (Fsp3) is 0.286. The third-order valence-electron chi connectivity index (χ3n) is 4.78. The second-order valence-corrected chi connectivity index (χ2v) is 6.69. The number of hydrogen-bond donors (Lipinski definition) is 1. The number of H-pyrrole nitrogens is 1. The zero-order valence-electron chi connectivity index (χ0n) is 15.7. The van der Waals surface area contributed by atoms with Crippen LogP contribution in [0.15, 0.2) is 53.3 Å². The minimum absolute atomic E-state index is 0.184. The Bertz CT molecular complexity index is 1080. The van der Waals surface area contributed by atoms with Crippen molar-refractivity contribution >= 4 is 16.8 Å². The third-order valence-corrected chi connectivity index (χ3v) is 4.78. The lowest BCUT2D eigenvalue weighted by Crippen LogP contribution is -2.50. The Morgan fingerprint density at radius 1 is 1.11 bits per heavy atom. The summed E-state index contributed by atoms with van der Waals surface area (Å²) in [5.74, 6) is 1.40. The highest BCUT2D eigenvalue weighted by atomic mass is 16.6. The number of nitrogens with one attached hydrogen (secondary N) is 1. The molecule has 28 heavy (non-hydrogen) atoms. The van der Waals surface area contributed by atoms with Crippen molar-refractivity contribution in [1.82, 2.24) is 14.9 Å². The summed E-state index contributed by atoms with van der Waals surface area (Å²) >= 11 is 0. The van der Waals surface area contributed by atoms with Crippen molar-refractivity contribution in [3.05, 3.63) is 64.7 Å². The number of fused-ring (bicyclic) bond motifs is 2. The molecule has 0 saturated heterocycles. The summed E-state index contributed by atoms with van der Waals surface area (Å²) in [5.41, 5.74) is 0.382. The van der Waals surface area contributed by atoms with Crippen LogP contribution >= 0.6 is 0 Å². The number of carbonyl (C=O) groups is 1. The average Bonchev–Trinajstić information content (AvgIpc) is 2.71. The average molecular weight is 379 g/mol. The summed E-state index contributed by atoms with van der Waals surface area (Å²) < 4.78 is 11.8. The predicted molar refractivity (Wildman–Crippen MR) is 104 cm³/mol. The number of aromatic nitrogens is 2. The number of ether oxygens (including phenoxy) is 2. The van der Waals surface area contributed by atoms with Crippen LogP contribution in [0.4, 0.5) is 0 Å². The van der Waals surface area contributed by atoms with E-state index in [2.05, 4.69) is 9.97 Å². The van der Waals surface area contributed by atoms with E-state index in [9.17, 15) is 9.59 Å².